The van der Waals surface area contributed by atoms with Crippen LogP contribution >= 0.6 is 11.6 Å². The van der Waals surface area contributed by atoms with E-state index in [1.807, 2.05) is 0 Å². The second-order valence-electron chi connectivity index (χ2n) is 5.24. The lowest BCUT2D eigenvalue weighted by molar-refractivity contribution is -0.137. The second-order valence-corrected chi connectivity index (χ2v) is 5.64. The maximum atomic E-state index is 13.0. The van der Waals surface area contributed by atoms with E-state index in [0.29, 0.717) is 0 Å². The standard InChI is InChI=1S/C17H12ClF4NO3/c1-9(26-16(25)13-7-4-11(19)8-14(13)18)15(24)23-12-5-2-10(3-6-12)17(20,21)22/h2-9H,1H3,(H,23,24)/t9-/m1/s1. The molecule has 0 radical (unpaired) electrons. The van der Waals surface area contributed by atoms with E-state index in [2.05, 4.69) is 5.32 Å². The van der Waals surface area contributed by atoms with Crippen LogP contribution in [0.4, 0.5) is 23.2 Å². The van der Waals surface area contributed by atoms with Crippen molar-refractivity contribution in [1.29, 1.82) is 0 Å². The molecule has 0 aromatic heterocycles. The van der Waals surface area contributed by atoms with Gasteiger partial charge < -0.3 is 10.1 Å². The number of carbonyl (C=O) groups excluding carboxylic acids is 2. The lowest BCUT2D eigenvalue weighted by Crippen LogP contribution is -2.30. The highest BCUT2D eigenvalue weighted by molar-refractivity contribution is 6.33. The molecule has 1 N–H and O–H groups in total. The zero-order valence-electron chi connectivity index (χ0n) is 13.2. The fourth-order valence-corrected chi connectivity index (χ4v) is 2.16. The Bertz CT molecular complexity index is 822. The number of ether oxygens (including phenoxy) is 1. The molecule has 26 heavy (non-hydrogen) atoms. The first-order valence-electron chi connectivity index (χ1n) is 7.22. The van der Waals surface area contributed by atoms with Crippen molar-refractivity contribution >= 4 is 29.2 Å². The van der Waals surface area contributed by atoms with Crippen molar-refractivity contribution in [3.8, 4) is 0 Å². The van der Waals surface area contributed by atoms with Crippen molar-refractivity contribution < 1.29 is 31.9 Å². The van der Waals surface area contributed by atoms with E-state index in [1.54, 1.807) is 0 Å². The minimum absolute atomic E-state index is 0.103. The van der Waals surface area contributed by atoms with Gasteiger partial charge in [0.1, 0.15) is 5.82 Å². The molecule has 1 amide bonds. The Hall–Kier alpha value is -2.61. The zero-order valence-corrected chi connectivity index (χ0v) is 14.0. The van der Waals surface area contributed by atoms with Crippen molar-refractivity contribution in [1.82, 2.24) is 0 Å². The average Bonchev–Trinajstić information content (AvgIpc) is 2.54. The molecule has 0 unspecified atom stereocenters. The Morgan fingerprint density at radius 1 is 1.12 bits per heavy atom. The van der Waals surface area contributed by atoms with Crippen molar-refractivity contribution in [2.75, 3.05) is 5.32 Å². The molecule has 0 aliphatic carbocycles. The number of halogens is 5. The smallest absolute Gasteiger partial charge is 0.416 e. The van der Waals surface area contributed by atoms with E-state index in [9.17, 15) is 27.2 Å². The van der Waals surface area contributed by atoms with Crippen molar-refractivity contribution in [2.24, 2.45) is 0 Å². The third kappa shape index (κ3) is 4.95. The summed E-state index contributed by atoms with van der Waals surface area (Å²) in [4.78, 5) is 24.0. The third-order valence-electron chi connectivity index (χ3n) is 3.28. The van der Waals surface area contributed by atoms with E-state index in [1.165, 1.54) is 6.92 Å². The largest absolute Gasteiger partial charge is 0.449 e. The van der Waals surface area contributed by atoms with Crippen molar-refractivity contribution in [3.63, 3.8) is 0 Å². The van der Waals surface area contributed by atoms with Gasteiger partial charge in [-0.05, 0) is 49.4 Å². The Morgan fingerprint density at radius 2 is 1.73 bits per heavy atom. The van der Waals surface area contributed by atoms with Crippen LogP contribution in [0.25, 0.3) is 0 Å². The predicted molar refractivity (Wildman–Crippen MR) is 86.4 cm³/mol. The van der Waals surface area contributed by atoms with Gasteiger partial charge in [0.25, 0.3) is 5.91 Å². The van der Waals surface area contributed by atoms with E-state index in [4.69, 9.17) is 16.3 Å². The summed E-state index contributed by atoms with van der Waals surface area (Å²) in [6.45, 7) is 1.27. The van der Waals surface area contributed by atoms with Gasteiger partial charge in [0.2, 0.25) is 0 Å². The summed E-state index contributed by atoms with van der Waals surface area (Å²) in [6.07, 6.45) is -5.74. The van der Waals surface area contributed by atoms with E-state index in [-0.39, 0.29) is 16.3 Å². The van der Waals surface area contributed by atoms with Crippen LogP contribution in [-0.2, 0) is 15.7 Å². The summed E-state index contributed by atoms with van der Waals surface area (Å²) >= 11 is 5.74. The molecule has 2 rings (SSSR count). The molecule has 0 fully saturated rings. The molecule has 138 valence electrons. The first-order valence-corrected chi connectivity index (χ1v) is 7.60. The normalized spacial score (nSPS) is 12.4. The molecule has 0 aliphatic heterocycles. The van der Waals surface area contributed by atoms with E-state index >= 15 is 0 Å². The number of esters is 1. The van der Waals surface area contributed by atoms with E-state index in [0.717, 1.165) is 42.5 Å². The Morgan fingerprint density at radius 3 is 2.27 bits per heavy atom. The van der Waals surface area contributed by atoms with Gasteiger partial charge in [-0.25, -0.2) is 9.18 Å². The van der Waals surface area contributed by atoms with Crippen molar-refractivity contribution in [3.05, 3.63) is 64.4 Å². The summed E-state index contributed by atoms with van der Waals surface area (Å²) in [5.74, 6) is -2.33. The number of alkyl halides is 3. The van der Waals surface area contributed by atoms with Gasteiger partial charge in [-0.2, -0.15) is 13.2 Å². The number of nitrogens with one attached hydrogen (secondary N) is 1. The molecule has 0 saturated carbocycles. The average molecular weight is 390 g/mol. The van der Waals surface area contributed by atoms with Crippen LogP contribution in [0.5, 0.6) is 0 Å². The van der Waals surface area contributed by atoms with Crippen LogP contribution in [0.15, 0.2) is 42.5 Å². The minimum atomic E-state index is -4.49. The second kappa shape index (κ2) is 7.74. The molecule has 2 aromatic rings. The molecule has 0 heterocycles. The Labute approximate surface area is 150 Å². The molecule has 9 heteroatoms. The van der Waals surface area contributed by atoms with Crippen LogP contribution in [0.3, 0.4) is 0 Å². The monoisotopic (exact) mass is 389 g/mol. The number of hydrogen-bond acceptors (Lipinski definition) is 3. The molecule has 0 saturated heterocycles. The molecular weight excluding hydrogens is 378 g/mol. The summed E-state index contributed by atoms with van der Waals surface area (Å²) in [5, 5.41) is 2.15. The predicted octanol–water partition coefficient (Wildman–Crippen LogP) is 4.68. The third-order valence-corrected chi connectivity index (χ3v) is 3.60. The number of carbonyl (C=O) groups is 2. The number of hydrogen-bond donors (Lipinski definition) is 1. The quantitative estimate of drug-likeness (QED) is 0.610. The SMILES string of the molecule is C[C@@H](OC(=O)c1ccc(F)cc1Cl)C(=O)Nc1ccc(C(F)(F)F)cc1. The topological polar surface area (TPSA) is 55.4 Å². The van der Waals surface area contributed by atoms with E-state index < -0.39 is 35.5 Å². The Balaban J connectivity index is 2.00. The zero-order chi connectivity index (χ0) is 19.5. The van der Waals surface area contributed by atoms with Crippen molar-refractivity contribution in [2.45, 2.75) is 19.2 Å². The molecule has 2 aromatic carbocycles. The maximum absolute atomic E-state index is 13.0. The molecule has 0 bridgehead atoms. The summed E-state index contributed by atoms with van der Waals surface area (Å²) in [5.41, 5.74) is -0.881. The van der Waals surface area contributed by atoms with Gasteiger partial charge in [0.05, 0.1) is 16.1 Å². The minimum Gasteiger partial charge on any atom is -0.449 e. The summed E-state index contributed by atoms with van der Waals surface area (Å²) in [6, 6.07) is 6.81. The molecule has 0 aliphatic rings. The lowest BCUT2D eigenvalue weighted by Gasteiger charge is -2.14. The summed E-state index contributed by atoms with van der Waals surface area (Å²) < 4.78 is 55.4. The van der Waals surface area contributed by atoms with Crippen LogP contribution in [0.1, 0.15) is 22.8 Å². The van der Waals surface area contributed by atoms with Gasteiger partial charge in [-0.1, -0.05) is 11.6 Å². The first-order chi connectivity index (χ1) is 12.1. The highest BCUT2D eigenvalue weighted by Gasteiger charge is 2.30. The van der Waals surface area contributed by atoms with Gasteiger partial charge in [0.15, 0.2) is 6.10 Å². The number of amides is 1. The van der Waals surface area contributed by atoms with Crippen LogP contribution < -0.4 is 5.32 Å². The van der Waals surface area contributed by atoms with Crippen LogP contribution in [0, 0.1) is 5.82 Å². The number of rotatable bonds is 4. The maximum Gasteiger partial charge on any atom is 0.416 e. The molecule has 4 nitrogen and oxygen atoms in total. The fraction of sp³-hybridized carbons (Fsp3) is 0.176. The first kappa shape index (κ1) is 19.7. The molecule has 0 spiro atoms. The van der Waals surface area contributed by atoms with Gasteiger partial charge >= 0.3 is 12.1 Å². The molecular formula is C17H12ClF4NO3. The van der Waals surface area contributed by atoms with Crippen LogP contribution in [-0.4, -0.2) is 18.0 Å². The Kier molecular flexibility index (Phi) is 5.86. The van der Waals surface area contributed by atoms with Gasteiger partial charge in [-0.3, -0.25) is 4.79 Å². The number of benzene rings is 2. The lowest BCUT2D eigenvalue weighted by atomic mass is 10.2. The highest BCUT2D eigenvalue weighted by atomic mass is 35.5. The number of anilines is 1. The highest BCUT2D eigenvalue weighted by Crippen LogP contribution is 2.29. The fourth-order valence-electron chi connectivity index (χ4n) is 1.92. The van der Waals surface area contributed by atoms with Gasteiger partial charge in [0, 0.05) is 5.69 Å². The van der Waals surface area contributed by atoms with Gasteiger partial charge in [-0.15, -0.1) is 0 Å². The van der Waals surface area contributed by atoms with Crippen LogP contribution in [0.2, 0.25) is 5.02 Å². The summed E-state index contributed by atoms with van der Waals surface area (Å²) in [7, 11) is 0. The molecule has 1 atom stereocenters.